The first kappa shape index (κ1) is 33.2. The first-order valence-corrected chi connectivity index (χ1v) is 19.1. The number of methoxy groups -OCH3 is 1. The van der Waals surface area contributed by atoms with Crippen molar-refractivity contribution < 1.29 is 22.7 Å². The van der Waals surface area contributed by atoms with Crippen molar-refractivity contribution in [1.29, 1.82) is 0 Å². The Morgan fingerprint density at radius 1 is 0.980 bits per heavy atom. The van der Waals surface area contributed by atoms with Crippen LogP contribution in [-0.2, 0) is 59.4 Å². The Bertz CT molecular complexity index is 2390. The standard InChI is InChI=1S/C36H36ClN5O5S2/c1-21-32-30(39-41(21)3)20-49(44,45)19-23-16-24(42(4)38-23)18-48-25-15-22-9-6-7-10-26(22)31(17-25)47-14-8-11-27-28-12-13-29(37)33(32)34(28)40(2)35(27)36(43)46-5/h6-7,9-10,12-13,15-17H,8,11,14,18-20H2,1-5H3. The van der Waals surface area contributed by atoms with Crippen molar-refractivity contribution in [3.8, 4) is 16.9 Å². The molecule has 3 aromatic carbocycles. The van der Waals surface area contributed by atoms with Crippen molar-refractivity contribution in [3.05, 3.63) is 93.7 Å². The van der Waals surface area contributed by atoms with Crippen molar-refractivity contribution >= 4 is 60.8 Å². The molecule has 13 heteroatoms. The third-order valence-electron chi connectivity index (χ3n) is 9.21. The lowest BCUT2D eigenvalue weighted by Gasteiger charge is -2.12. The number of thioether (sulfide) groups is 1. The highest BCUT2D eigenvalue weighted by Crippen LogP contribution is 2.42. The van der Waals surface area contributed by atoms with Crippen LogP contribution in [0.5, 0.6) is 5.75 Å². The molecule has 0 saturated heterocycles. The normalized spacial score (nSPS) is 15.1. The van der Waals surface area contributed by atoms with E-state index in [-0.39, 0.29) is 11.5 Å². The number of esters is 1. The molecular formula is C36H36ClN5O5S2. The van der Waals surface area contributed by atoms with E-state index in [0.717, 1.165) is 43.8 Å². The van der Waals surface area contributed by atoms with E-state index in [0.29, 0.717) is 63.9 Å². The van der Waals surface area contributed by atoms with E-state index in [1.54, 1.807) is 38.8 Å². The van der Waals surface area contributed by atoms with E-state index in [4.69, 9.17) is 21.1 Å². The number of carbonyl (C=O) groups is 1. The number of aromatic nitrogens is 5. The van der Waals surface area contributed by atoms with Gasteiger partial charge in [-0.15, -0.1) is 11.8 Å². The molecule has 0 radical (unpaired) electrons. The maximum Gasteiger partial charge on any atom is 0.354 e. The van der Waals surface area contributed by atoms with Crippen molar-refractivity contribution in [2.24, 2.45) is 21.1 Å². The number of rotatable bonds is 1. The number of aryl methyl sites for hydroxylation is 4. The van der Waals surface area contributed by atoms with Crippen LogP contribution >= 0.6 is 23.4 Å². The summed E-state index contributed by atoms with van der Waals surface area (Å²) in [5.41, 5.74) is 5.69. The summed E-state index contributed by atoms with van der Waals surface area (Å²) in [6.07, 6.45) is 1.16. The maximum atomic E-state index is 13.8. The highest BCUT2D eigenvalue weighted by molar-refractivity contribution is 7.98. The minimum atomic E-state index is -3.72. The summed E-state index contributed by atoms with van der Waals surface area (Å²) in [4.78, 5) is 14.3. The van der Waals surface area contributed by atoms with Gasteiger partial charge < -0.3 is 14.0 Å². The molecule has 49 heavy (non-hydrogen) atoms. The molecule has 7 rings (SSSR count). The number of benzene rings is 3. The van der Waals surface area contributed by atoms with Crippen molar-refractivity contribution in [2.75, 3.05) is 13.7 Å². The molecule has 6 aromatic rings. The van der Waals surface area contributed by atoms with Gasteiger partial charge in [0.05, 0.1) is 47.1 Å². The summed E-state index contributed by atoms with van der Waals surface area (Å²) in [5.74, 6) is 0.355. The van der Waals surface area contributed by atoms with Crippen molar-refractivity contribution in [1.82, 2.24) is 24.1 Å². The summed E-state index contributed by atoms with van der Waals surface area (Å²) in [5, 5.41) is 12.6. The summed E-state index contributed by atoms with van der Waals surface area (Å²) >= 11 is 8.61. The predicted molar refractivity (Wildman–Crippen MR) is 193 cm³/mol. The zero-order chi connectivity index (χ0) is 34.6. The van der Waals surface area contributed by atoms with Crippen LogP contribution < -0.4 is 4.74 Å². The number of sulfone groups is 1. The van der Waals surface area contributed by atoms with Crippen LogP contribution in [0.25, 0.3) is 32.8 Å². The summed E-state index contributed by atoms with van der Waals surface area (Å²) < 4.78 is 44.6. The Kier molecular flexibility index (Phi) is 8.74. The topological polar surface area (TPSA) is 110 Å². The predicted octanol–water partition coefficient (Wildman–Crippen LogP) is 6.95. The SMILES string of the molecule is COC(=O)c1c2c3ccc(Cl)c(c3n1C)-c1c(nn(C)c1C)CS(=O)(=O)Cc1cc(n(C)n1)CSc1cc(c3ccccc3c1)OCCC2. The van der Waals surface area contributed by atoms with Crippen LogP contribution in [-0.4, -0.2) is 52.2 Å². The molecule has 0 spiro atoms. The van der Waals surface area contributed by atoms with E-state index in [2.05, 4.69) is 34.5 Å². The first-order chi connectivity index (χ1) is 23.5. The molecule has 0 N–H and O–H groups in total. The number of ether oxygens (including phenoxy) is 2. The number of halogens is 1. The van der Waals surface area contributed by atoms with E-state index in [1.807, 2.05) is 45.3 Å². The van der Waals surface area contributed by atoms with Crippen LogP contribution in [0, 0.1) is 6.92 Å². The third-order valence-corrected chi connectivity index (χ3v) is 12.0. The second-order valence-corrected chi connectivity index (χ2v) is 15.9. The number of hydrogen-bond donors (Lipinski definition) is 0. The van der Waals surface area contributed by atoms with Gasteiger partial charge in [0.25, 0.3) is 0 Å². The molecule has 0 aliphatic carbocycles. The molecular weight excluding hydrogens is 682 g/mol. The first-order valence-electron chi connectivity index (χ1n) is 15.9. The number of carbonyl (C=O) groups excluding carboxylic acids is 1. The number of fused-ring (bicyclic) bond motifs is 8. The van der Waals surface area contributed by atoms with Gasteiger partial charge in [-0.1, -0.05) is 41.9 Å². The van der Waals surface area contributed by atoms with Crippen LogP contribution in [0.15, 0.2) is 59.5 Å². The molecule has 3 aromatic heterocycles. The lowest BCUT2D eigenvalue weighted by molar-refractivity contribution is 0.0589. The maximum absolute atomic E-state index is 13.8. The van der Waals surface area contributed by atoms with Gasteiger partial charge in [0.15, 0.2) is 9.84 Å². The lowest BCUT2D eigenvalue weighted by atomic mass is 9.98. The zero-order valence-electron chi connectivity index (χ0n) is 27.9. The van der Waals surface area contributed by atoms with E-state index >= 15 is 0 Å². The van der Waals surface area contributed by atoms with Gasteiger partial charge in [0, 0.05) is 65.1 Å². The highest BCUT2D eigenvalue weighted by atomic mass is 35.5. The minimum Gasteiger partial charge on any atom is -0.493 e. The molecule has 254 valence electrons. The average molecular weight is 718 g/mol. The molecule has 4 heterocycles. The van der Waals surface area contributed by atoms with Gasteiger partial charge in [-0.2, -0.15) is 10.2 Å². The molecule has 10 nitrogen and oxygen atoms in total. The molecule has 8 bridgehead atoms. The Hall–Kier alpha value is -4.26. The van der Waals surface area contributed by atoms with Gasteiger partial charge in [-0.05, 0) is 55.0 Å². The van der Waals surface area contributed by atoms with Gasteiger partial charge in [-0.3, -0.25) is 9.36 Å². The quantitative estimate of drug-likeness (QED) is 0.168. The molecule has 1 aliphatic heterocycles. The second-order valence-electron chi connectivity index (χ2n) is 12.4. The van der Waals surface area contributed by atoms with Crippen LogP contribution in [0.2, 0.25) is 5.02 Å². The zero-order valence-corrected chi connectivity index (χ0v) is 30.3. The molecule has 0 atom stereocenters. The Balaban J connectivity index is 1.41. The summed E-state index contributed by atoms with van der Waals surface area (Å²) in [6.45, 7) is 2.31. The van der Waals surface area contributed by atoms with Gasteiger partial charge in [-0.25, -0.2) is 13.2 Å². The van der Waals surface area contributed by atoms with E-state index in [1.165, 1.54) is 7.11 Å². The van der Waals surface area contributed by atoms with Crippen LogP contribution in [0.4, 0.5) is 0 Å². The van der Waals surface area contributed by atoms with Crippen LogP contribution in [0.3, 0.4) is 0 Å². The summed E-state index contributed by atoms with van der Waals surface area (Å²) in [6, 6.07) is 17.9. The Labute approximate surface area is 293 Å². The summed E-state index contributed by atoms with van der Waals surface area (Å²) in [7, 11) is 3.07. The largest absolute Gasteiger partial charge is 0.493 e. The van der Waals surface area contributed by atoms with E-state index < -0.39 is 15.8 Å². The van der Waals surface area contributed by atoms with Crippen molar-refractivity contribution in [2.45, 2.75) is 41.9 Å². The monoisotopic (exact) mass is 717 g/mol. The smallest absolute Gasteiger partial charge is 0.354 e. The highest BCUT2D eigenvalue weighted by Gasteiger charge is 2.29. The minimum absolute atomic E-state index is 0.243. The molecule has 0 unspecified atom stereocenters. The van der Waals surface area contributed by atoms with Gasteiger partial charge in [0.1, 0.15) is 11.4 Å². The average Bonchev–Trinajstić information content (AvgIpc) is 3.65. The van der Waals surface area contributed by atoms with Gasteiger partial charge >= 0.3 is 5.97 Å². The fourth-order valence-corrected chi connectivity index (χ4v) is 9.40. The second kappa shape index (κ2) is 12.9. The molecule has 1 aliphatic rings. The Morgan fingerprint density at radius 2 is 1.78 bits per heavy atom. The molecule has 0 saturated carbocycles. The molecule has 0 amide bonds. The molecule has 0 fully saturated rings. The fourth-order valence-electron chi connectivity index (χ4n) is 6.85. The Morgan fingerprint density at radius 3 is 2.57 bits per heavy atom. The number of nitrogens with zero attached hydrogens (tertiary/aromatic N) is 5. The van der Waals surface area contributed by atoms with Gasteiger partial charge in [0.2, 0.25) is 0 Å². The third kappa shape index (κ3) is 6.10. The van der Waals surface area contributed by atoms with Crippen molar-refractivity contribution in [3.63, 3.8) is 0 Å². The number of hydrogen-bond acceptors (Lipinski definition) is 8. The fraction of sp³-hybridized carbons (Fsp3) is 0.306. The van der Waals surface area contributed by atoms with E-state index in [9.17, 15) is 13.2 Å². The lowest BCUT2D eigenvalue weighted by Crippen LogP contribution is -2.11. The van der Waals surface area contributed by atoms with Crippen LogP contribution in [0.1, 0.15) is 45.2 Å².